The summed E-state index contributed by atoms with van der Waals surface area (Å²) in [5, 5.41) is 9.73. The van der Waals surface area contributed by atoms with Crippen LogP contribution in [0.2, 0.25) is 0 Å². The van der Waals surface area contributed by atoms with Gasteiger partial charge in [-0.15, -0.1) is 0 Å². The van der Waals surface area contributed by atoms with E-state index in [0.29, 0.717) is 23.9 Å². The van der Waals surface area contributed by atoms with Crippen LogP contribution < -0.4 is 0 Å². The summed E-state index contributed by atoms with van der Waals surface area (Å²) in [5.74, 6) is -2.03. The Balaban J connectivity index is 4.14. The zero-order valence-electron chi connectivity index (χ0n) is 52.3. The van der Waals surface area contributed by atoms with Crippen molar-refractivity contribution in [3.8, 4) is 0 Å². The molecule has 0 rings (SSSR count). The summed E-state index contributed by atoms with van der Waals surface area (Å²) in [4.78, 5) is 37.5. The second-order valence-corrected chi connectivity index (χ2v) is 23.4. The van der Waals surface area contributed by atoms with Crippen molar-refractivity contribution >= 4 is 17.9 Å². The Kier molecular flexibility index (Phi) is 58.3. The first-order valence-electron chi connectivity index (χ1n) is 33.1. The highest BCUT2D eigenvalue weighted by molar-refractivity contribution is 5.71. The van der Waals surface area contributed by atoms with Gasteiger partial charge in [-0.25, -0.2) is 4.79 Å². The number of carboxylic acids is 1. The second kappa shape index (κ2) is 60.8. The van der Waals surface area contributed by atoms with Crippen molar-refractivity contribution in [2.75, 3.05) is 47.5 Å². The lowest BCUT2D eigenvalue weighted by molar-refractivity contribution is -0.870. The molecule has 0 aromatic rings. The van der Waals surface area contributed by atoms with E-state index in [4.69, 9.17) is 18.9 Å². The third-order valence-corrected chi connectivity index (χ3v) is 14.5. The van der Waals surface area contributed by atoms with Crippen molar-refractivity contribution in [2.45, 2.75) is 309 Å². The Morgan fingerprint density at radius 1 is 0.392 bits per heavy atom. The predicted octanol–water partition coefficient (Wildman–Crippen LogP) is 20.1. The number of likely N-dealkylation sites (N-methyl/N-ethyl adjacent to an activating group) is 1. The van der Waals surface area contributed by atoms with E-state index in [1.807, 2.05) is 21.1 Å². The van der Waals surface area contributed by atoms with Gasteiger partial charge < -0.3 is 28.5 Å². The third kappa shape index (κ3) is 62.2. The first kappa shape index (κ1) is 75.7. The average Bonchev–Trinajstić information content (AvgIpc) is 3.42. The Morgan fingerprint density at radius 2 is 0.722 bits per heavy atom. The van der Waals surface area contributed by atoms with Gasteiger partial charge in [-0.1, -0.05) is 292 Å². The smallest absolute Gasteiger partial charge is 0.361 e. The molecule has 0 bridgehead atoms. The zero-order chi connectivity index (χ0) is 57.6. The summed E-state index contributed by atoms with van der Waals surface area (Å²) in [6.45, 7) is 4.77. The molecule has 0 aromatic carbocycles. The summed E-state index contributed by atoms with van der Waals surface area (Å²) < 4.78 is 22.9. The highest BCUT2D eigenvalue weighted by Gasteiger charge is 2.25. The van der Waals surface area contributed by atoms with Crippen LogP contribution in [0.4, 0.5) is 0 Å². The van der Waals surface area contributed by atoms with Crippen molar-refractivity contribution in [1.82, 2.24) is 0 Å². The lowest BCUT2D eigenvalue weighted by Crippen LogP contribution is -2.40. The van der Waals surface area contributed by atoms with Crippen molar-refractivity contribution < 1.29 is 42.9 Å². The maximum Gasteiger partial charge on any atom is 0.361 e. The van der Waals surface area contributed by atoms with Crippen LogP contribution in [0, 0.1) is 0 Å². The molecule has 0 aliphatic carbocycles. The Hall–Kier alpha value is -3.27. The molecule has 0 saturated heterocycles. The highest BCUT2D eigenvalue weighted by Crippen LogP contribution is 2.18. The number of quaternary nitrogens is 1. The summed E-state index contributed by atoms with van der Waals surface area (Å²) in [5.41, 5.74) is 0. The Labute approximate surface area is 487 Å². The number of ether oxygens (including phenoxy) is 4. The molecule has 9 nitrogen and oxygen atoms in total. The van der Waals surface area contributed by atoms with E-state index in [2.05, 4.69) is 86.8 Å². The number of hydrogen-bond acceptors (Lipinski definition) is 7. The molecule has 0 heterocycles. The third-order valence-electron chi connectivity index (χ3n) is 14.5. The van der Waals surface area contributed by atoms with Crippen LogP contribution >= 0.6 is 0 Å². The number of carbonyl (C=O) groups is 3. The van der Waals surface area contributed by atoms with Crippen molar-refractivity contribution in [1.29, 1.82) is 0 Å². The van der Waals surface area contributed by atoms with Gasteiger partial charge in [0.1, 0.15) is 13.2 Å². The Bertz CT molecular complexity index is 1520. The van der Waals surface area contributed by atoms with Gasteiger partial charge in [0.25, 0.3) is 6.29 Å². The van der Waals surface area contributed by atoms with Crippen molar-refractivity contribution in [2.24, 2.45) is 0 Å². The molecular weight excluding hydrogens is 983 g/mol. The van der Waals surface area contributed by atoms with Gasteiger partial charge in [0.15, 0.2) is 6.10 Å². The molecule has 2 unspecified atom stereocenters. The number of carboxylic acid groups (broad SMARTS) is 1. The van der Waals surface area contributed by atoms with Crippen molar-refractivity contribution in [3.05, 3.63) is 72.9 Å². The summed E-state index contributed by atoms with van der Waals surface area (Å²) in [7, 11) is 5.97. The monoisotopic (exact) mass is 1110 g/mol. The average molecular weight is 1110 g/mol. The van der Waals surface area contributed by atoms with Crippen LogP contribution in [0.3, 0.4) is 0 Å². The lowest BCUT2D eigenvalue weighted by atomic mass is 10.0. The summed E-state index contributed by atoms with van der Waals surface area (Å²) >= 11 is 0. The van der Waals surface area contributed by atoms with E-state index in [-0.39, 0.29) is 32.2 Å². The van der Waals surface area contributed by atoms with Crippen LogP contribution in [-0.2, 0) is 33.3 Å². The molecule has 0 aliphatic heterocycles. The molecule has 2 atom stereocenters. The molecule has 79 heavy (non-hydrogen) atoms. The van der Waals surface area contributed by atoms with Crippen LogP contribution in [0.5, 0.6) is 0 Å². The maximum atomic E-state index is 12.9. The largest absolute Gasteiger partial charge is 0.477 e. The highest BCUT2D eigenvalue weighted by atomic mass is 16.7. The van der Waals surface area contributed by atoms with Gasteiger partial charge in [0, 0.05) is 12.8 Å². The van der Waals surface area contributed by atoms with Crippen LogP contribution in [0.1, 0.15) is 296 Å². The van der Waals surface area contributed by atoms with E-state index in [9.17, 15) is 19.5 Å². The molecule has 0 spiro atoms. The Morgan fingerprint density at radius 3 is 1.08 bits per heavy atom. The van der Waals surface area contributed by atoms with E-state index < -0.39 is 24.3 Å². The second-order valence-electron chi connectivity index (χ2n) is 23.4. The van der Waals surface area contributed by atoms with E-state index in [1.165, 1.54) is 180 Å². The van der Waals surface area contributed by atoms with Crippen LogP contribution in [0.25, 0.3) is 0 Å². The normalized spacial score (nSPS) is 13.2. The number of esters is 2. The molecule has 1 N–H and O–H groups in total. The fourth-order valence-corrected chi connectivity index (χ4v) is 9.43. The van der Waals surface area contributed by atoms with Crippen LogP contribution in [-0.4, -0.2) is 87.4 Å². The van der Waals surface area contributed by atoms with Crippen LogP contribution in [0.15, 0.2) is 72.9 Å². The molecule has 9 heteroatoms. The SMILES string of the molecule is CC/C=C\C/C=C\C/C=C\C/C=C\C/C=C\C/C=C\CCCCCCC(=O)OC(COC(=O)CCCCCCCCCCCCCCCCCCCCCCCCCCCCCCCCC)COC(OCC[N+](C)(C)C)C(=O)O. The number of unbranched alkanes of at least 4 members (excludes halogenated alkanes) is 34. The molecule has 458 valence electrons. The lowest BCUT2D eigenvalue weighted by Gasteiger charge is -2.25. The minimum absolute atomic E-state index is 0.180. The molecule has 0 aromatic heterocycles. The summed E-state index contributed by atoms with van der Waals surface area (Å²) in [6, 6.07) is 0. The van der Waals surface area contributed by atoms with E-state index >= 15 is 0 Å². The van der Waals surface area contributed by atoms with Crippen molar-refractivity contribution in [3.63, 3.8) is 0 Å². The molecule has 0 radical (unpaired) electrons. The number of nitrogens with zero attached hydrogens (tertiary/aromatic N) is 1. The van der Waals surface area contributed by atoms with Gasteiger partial charge in [-0.05, 0) is 64.2 Å². The van der Waals surface area contributed by atoms with Gasteiger partial charge in [-0.2, -0.15) is 0 Å². The summed E-state index contributed by atoms with van der Waals surface area (Å²) in [6.07, 6.45) is 77.3. The molecular formula is C70H126NO8+. The number of carbonyl (C=O) groups excluding carboxylic acids is 2. The minimum atomic E-state index is -1.52. The topological polar surface area (TPSA) is 108 Å². The number of hydrogen-bond donors (Lipinski definition) is 1. The van der Waals surface area contributed by atoms with Gasteiger partial charge in [0.05, 0.1) is 34.4 Å². The molecule has 0 saturated carbocycles. The number of aliphatic carboxylic acids is 1. The number of allylic oxidation sites excluding steroid dienone is 12. The quantitative estimate of drug-likeness (QED) is 0.0211. The maximum absolute atomic E-state index is 12.9. The predicted molar refractivity (Wildman–Crippen MR) is 336 cm³/mol. The van der Waals surface area contributed by atoms with Gasteiger partial charge in [0.2, 0.25) is 0 Å². The standard InChI is InChI=1S/C70H125NO8/c1-6-8-10-12-14-16-18-20-22-24-26-28-30-31-32-33-34-35-36-37-39-40-42-44-46-48-50-52-54-56-58-60-67(72)77-64-66(65-78-70(69(74)75)76-63-62-71(3,4)5)79-68(73)61-59-57-55-53-51-49-47-45-43-41-38-29-27-25-23-21-19-17-15-13-11-9-7-2/h9,11,15,17,21,23,27,29,41,43,47,49,66,70H,6-8,10,12-14,16,18-20,22,24-26,28,30-40,42,44-46,48,50-65H2,1-5H3/p+1/b11-9-,17-15-,23-21-,29-27-,43-41-,49-47-. The molecule has 0 fully saturated rings. The fourth-order valence-electron chi connectivity index (χ4n) is 9.43. The zero-order valence-corrected chi connectivity index (χ0v) is 52.3. The molecule has 0 amide bonds. The number of rotatable bonds is 61. The minimum Gasteiger partial charge on any atom is -0.477 e. The molecule has 0 aliphatic rings. The fraction of sp³-hybridized carbons (Fsp3) is 0.786. The van der Waals surface area contributed by atoms with E-state index in [0.717, 1.165) is 83.5 Å². The van der Waals surface area contributed by atoms with E-state index in [1.54, 1.807) is 0 Å². The first-order chi connectivity index (χ1) is 38.6. The van der Waals surface area contributed by atoms with Gasteiger partial charge >= 0.3 is 17.9 Å². The van der Waals surface area contributed by atoms with Gasteiger partial charge in [-0.3, -0.25) is 9.59 Å². The first-order valence-corrected chi connectivity index (χ1v) is 33.1.